The maximum Gasteiger partial charge on any atom is 0.255 e. The fourth-order valence-corrected chi connectivity index (χ4v) is 3.95. The number of nitrogens with zero attached hydrogens (tertiary/aromatic N) is 2. The Balaban J connectivity index is 1.46. The molecular weight excluding hydrogens is 318 g/mol. The van der Waals surface area contributed by atoms with Gasteiger partial charge in [-0.25, -0.2) is 0 Å². The molecule has 3 aliphatic heterocycles. The van der Waals surface area contributed by atoms with E-state index in [9.17, 15) is 14.4 Å². The Kier molecular flexibility index (Phi) is 3.98. The van der Waals surface area contributed by atoms with Gasteiger partial charge in [-0.15, -0.1) is 0 Å². The van der Waals surface area contributed by atoms with E-state index in [1.54, 1.807) is 4.90 Å². The van der Waals surface area contributed by atoms with Crippen molar-refractivity contribution in [1.82, 2.24) is 15.1 Å². The van der Waals surface area contributed by atoms with E-state index in [1.807, 2.05) is 12.1 Å². The average molecular weight is 342 g/mol. The van der Waals surface area contributed by atoms with Crippen LogP contribution in [0.1, 0.15) is 54.9 Å². The summed E-state index contributed by atoms with van der Waals surface area (Å²) in [6.45, 7) is 3.12. The van der Waals surface area contributed by atoms with Gasteiger partial charge >= 0.3 is 0 Å². The second-order valence-corrected chi connectivity index (χ2v) is 7.03. The minimum Gasteiger partial charge on any atom is -0.322 e. The molecule has 2 saturated heterocycles. The molecule has 6 nitrogen and oxygen atoms in total. The molecule has 0 spiro atoms. The van der Waals surface area contributed by atoms with Crippen molar-refractivity contribution in [3.05, 3.63) is 34.9 Å². The number of carbonyl (C=O) groups is 3. The summed E-state index contributed by atoms with van der Waals surface area (Å²) in [6.07, 6.45) is 2.54. The number of piperidine rings is 2. The van der Waals surface area contributed by atoms with Crippen molar-refractivity contribution < 1.29 is 15.8 Å². The maximum atomic E-state index is 12.7. The number of nitrogens with one attached hydrogen (secondary N) is 1. The summed E-state index contributed by atoms with van der Waals surface area (Å²) in [5, 5.41) is 2.33. The summed E-state index contributed by atoms with van der Waals surface area (Å²) in [6, 6.07) is 5.34. The predicted octanol–water partition coefficient (Wildman–Crippen LogP) is 1.43. The Morgan fingerprint density at radius 2 is 2.00 bits per heavy atom. The molecule has 0 bridgehead atoms. The maximum absolute atomic E-state index is 12.7. The van der Waals surface area contributed by atoms with Gasteiger partial charge in [0, 0.05) is 26.4 Å². The van der Waals surface area contributed by atoms with Gasteiger partial charge in [0.25, 0.3) is 5.91 Å². The quantitative estimate of drug-likeness (QED) is 0.844. The topological polar surface area (TPSA) is 69.7 Å². The lowest BCUT2D eigenvalue weighted by atomic mass is 10.0. The number of imide groups is 1. The second kappa shape index (κ2) is 6.59. The summed E-state index contributed by atoms with van der Waals surface area (Å²) in [5.41, 5.74) is 2.76. The summed E-state index contributed by atoms with van der Waals surface area (Å²) in [5.74, 6) is -0.772. The van der Waals surface area contributed by atoms with Crippen molar-refractivity contribution in [2.45, 2.75) is 51.2 Å². The van der Waals surface area contributed by atoms with Crippen molar-refractivity contribution in [1.29, 1.82) is 0 Å². The third kappa shape index (κ3) is 3.18. The molecule has 6 heteroatoms. The Morgan fingerprint density at radius 3 is 2.76 bits per heavy atom. The van der Waals surface area contributed by atoms with Crippen LogP contribution < -0.4 is 5.32 Å². The van der Waals surface area contributed by atoms with Crippen LogP contribution >= 0.6 is 0 Å². The third-order valence-electron chi connectivity index (χ3n) is 5.29. The molecule has 25 heavy (non-hydrogen) atoms. The zero-order chi connectivity index (χ0) is 18.3. The van der Waals surface area contributed by atoms with Crippen molar-refractivity contribution in [2.75, 3.05) is 13.1 Å². The van der Waals surface area contributed by atoms with Crippen molar-refractivity contribution >= 4 is 17.7 Å². The summed E-state index contributed by atoms with van der Waals surface area (Å²) >= 11 is 0. The highest BCUT2D eigenvalue weighted by Gasteiger charge is 2.39. The van der Waals surface area contributed by atoms with Gasteiger partial charge in [-0.1, -0.05) is 18.5 Å². The lowest BCUT2D eigenvalue weighted by Gasteiger charge is -2.29. The summed E-state index contributed by atoms with van der Waals surface area (Å²) in [4.78, 5) is 40.1. The molecule has 1 aromatic rings. The van der Waals surface area contributed by atoms with Crippen molar-refractivity contribution in [2.24, 2.45) is 0 Å². The first-order valence-corrected chi connectivity index (χ1v) is 8.92. The van der Waals surface area contributed by atoms with Gasteiger partial charge in [-0.2, -0.15) is 0 Å². The number of benzene rings is 1. The van der Waals surface area contributed by atoms with Crippen LogP contribution in [-0.4, -0.2) is 46.7 Å². The van der Waals surface area contributed by atoms with E-state index in [0.29, 0.717) is 18.5 Å². The molecule has 2 fully saturated rings. The van der Waals surface area contributed by atoms with Crippen LogP contribution in [0.4, 0.5) is 0 Å². The van der Waals surface area contributed by atoms with Gasteiger partial charge in [0.05, 0.1) is 0 Å². The van der Waals surface area contributed by atoms with E-state index in [-0.39, 0.29) is 30.5 Å². The van der Waals surface area contributed by atoms with Crippen LogP contribution in [0.5, 0.6) is 0 Å². The summed E-state index contributed by atoms with van der Waals surface area (Å²) < 4.78 is 7.79. The molecule has 3 amide bonds. The molecule has 0 aromatic heterocycles. The van der Waals surface area contributed by atoms with Crippen molar-refractivity contribution in [3.8, 4) is 0 Å². The van der Waals surface area contributed by atoms with Crippen LogP contribution in [0.2, 0.25) is 0 Å². The largest absolute Gasteiger partial charge is 0.322 e. The standard InChI is InChI=1S/C19H23N3O3/c23-17-7-6-16(18(24)20-17)22-12-14-10-13(4-5-15(14)19(22)25)11-21-8-2-1-3-9-21/h4-5,10,16H,1-3,6-9,11-12H2,(H,20,23,24)/i1D. The Hall–Kier alpha value is -2.21. The van der Waals surface area contributed by atoms with Gasteiger partial charge in [0.1, 0.15) is 6.04 Å². The normalized spacial score (nSPS) is 25.8. The highest BCUT2D eigenvalue weighted by atomic mass is 16.2. The van der Waals surface area contributed by atoms with Crippen LogP contribution in [0.15, 0.2) is 18.2 Å². The van der Waals surface area contributed by atoms with E-state index in [4.69, 9.17) is 1.37 Å². The van der Waals surface area contributed by atoms with Gasteiger partial charge < -0.3 is 4.90 Å². The first kappa shape index (κ1) is 15.1. The Morgan fingerprint density at radius 1 is 1.20 bits per heavy atom. The number of fused-ring (bicyclic) bond motifs is 1. The molecule has 0 saturated carbocycles. The van der Waals surface area contributed by atoms with E-state index in [0.717, 1.165) is 43.6 Å². The lowest BCUT2D eigenvalue weighted by molar-refractivity contribution is -0.136. The van der Waals surface area contributed by atoms with E-state index < -0.39 is 6.04 Å². The SMILES string of the molecule is [2H]C1CCN(Cc2ccc3c(c2)CN(C2CCC(=O)NC2=O)C3=O)CC1. The van der Waals surface area contributed by atoms with E-state index in [1.165, 1.54) is 0 Å². The molecular formula is C19H23N3O3. The second-order valence-electron chi connectivity index (χ2n) is 7.03. The molecule has 132 valence electrons. The van der Waals surface area contributed by atoms with Gasteiger partial charge in [-0.3, -0.25) is 24.6 Å². The van der Waals surface area contributed by atoms with E-state index >= 15 is 0 Å². The Labute approximate surface area is 148 Å². The fourth-order valence-electron chi connectivity index (χ4n) is 3.95. The lowest BCUT2D eigenvalue weighted by Crippen LogP contribution is -2.52. The zero-order valence-corrected chi connectivity index (χ0v) is 14.2. The molecule has 1 aromatic carbocycles. The van der Waals surface area contributed by atoms with E-state index in [2.05, 4.69) is 16.3 Å². The predicted molar refractivity (Wildman–Crippen MR) is 91.6 cm³/mol. The van der Waals surface area contributed by atoms with Gasteiger partial charge in [0.2, 0.25) is 11.8 Å². The van der Waals surface area contributed by atoms with Gasteiger partial charge in [0.15, 0.2) is 0 Å². The smallest absolute Gasteiger partial charge is 0.255 e. The van der Waals surface area contributed by atoms with Crippen LogP contribution in [0.25, 0.3) is 0 Å². The number of amides is 3. The molecule has 1 N–H and O–H groups in total. The van der Waals surface area contributed by atoms with Crippen molar-refractivity contribution in [3.63, 3.8) is 0 Å². The number of rotatable bonds is 3. The zero-order valence-electron chi connectivity index (χ0n) is 15.2. The fraction of sp³-hybridized carbons (Fsp3) is 0.526. The van der Waals surface area contributed by atoms with Crippen LogP contribution in [0.3, 0.4) is 0 Å². The van der Waals surface area contributed by atoms with Crippen LogP contribution in [-0.2, 0) is 22.7 Å². The molecule has 1 atom stereocenters. The minimum atomic E-state index is -0.563. The summed E-state index contributed by atoms with van der Waals surface area (Å²) in [7, 11) is 0. The molecule has 1 unspecified atom stereocenters. The third-order valence-corrected chi connectivity index (χ3v) is 5.29. The minimum absolute atomic E-state index is 0.0611. The number of hydrogen-bond acceptors (Lipinski definition) is 4. The number of hydrogen-bond donors (Lipinski definition) is 1. The first-order valence-electron chi connectivity index (χ1n) is 9.50. The molecule has 4 rings (SSSR count). The first-order chi connectivity index (χ1) is 12.5. The number of carbonyl (C=O) groups excluding carboxylic acids is 3. The number of likely N-dealkylation sites (tertiary alicyclic amines) is 1. The average Bonchev–Trinajstić information content (AvgIpc) is 2.93. The van der Waals surface area contributed by atoms with Crippen LogP contribution in [0, 0.1) is 0 Å². The molecule has 0 aliphatic carbocycles. The van der Waals surface area contributed by atoms with Gasteiger partial charge in [-0.05, 0) is 49.5 Å². The molecule has 3 heterocycles. The highest BCUT2D eigenvalue weighted by Crippen LogP contribution is 2.28. The monoisotopic (exact) mass is 342 g/mol. The highest BCUT2D eigenvalue weighted by molar-refractivity contribution is 6.05. The Bertz CT molecular complexity index is 758. The molecule has 3 aliphatic rings. The molecule has 0 radical (unpaired) electrons.